The zero-order valence-electron chi connectivity index (χ0n) is 40.9. The Morgan fingerprint density at radius 2 is 1.01 bits per heavy atom. The third kappa shape index (κ3) is 14.0. The van der Waals surface area contributed by atoms with Crippen molar-refractivity contribution in [2.75, 3.05) is 26.5 Å². The van der Waals surface area contributed by atoms with Crippen molar-refractivity contribution < 1.29 is 84.1 Å². The number of aryl methyl sites for hydroxylation is 2. The maximum Gasteiger partial charge on any atom is 0.412 e. The van der Waals surface area contributed by atoms with E-state index in [0.29, 0.717) is 43.2 Å². The summed E-state index contributed by atoms with van der Waals surface area (Å²) in [6.07, 6.45) is -1.80. The fourth-order valence-corrected chi connectivity index (χ4v) is 11.7. The van der Waals surface area contributed by atoms with Gasteiger partial charge in [-0.15, -0.1) is 0 Å². The molecule has 21 heteroatoms. The quantitative estimate of drug-likeness (QED) is 0.0838. The van der Waals surface area contributed by atoms with Gasteiger partial charge in [0, 0.05) is 13.3 Å². The largest absolute Gasteiger partial charge is 0.507 e. The predicted molar refractivity (Wildman–Crippen MR) is 270 cm³/mol. The Kier molecular flexibility index (Phi) is 18.3. The number of esters is 2. The molecule has 2 aliphatic heterocycles. The second-order valence-corrected chi connectivity index (χ2v) is 28.9. The molecule has 2 unspecified atom stereocenters. The molecule has 1 N–H and O–H groups in total. The summed E-state index contributed by atoms with van der Waals surface area (Å²) in [5.41, 5.74) is 4.21. The van der Waals surface area contributed by atoms with Crippen LogP contribution in [-0.2, 0) is 69.1 Å². The fourth-order valence-electron chi connectivity index (χ4n) is 9.60. The lowest BCUT2D eigenvalue weighted by Crippen LogP contribution is -2.29. The number of hydrogen-bond acceptors (Lipinski definition) is 10. The normalized spacial score (nSPS) is 18.7. The van der Waals surface area contributed by atoms with Crippen molar-refractivity contribution in [2.24, 2.45) is 0 Å². The molecule has 2 aliphatic carbocycles. The third-order valence-electron chi connectivity index (χ3n) is 13.0. The van der Waals surface area contributed by atoms with Crippen LogP contribution in [0.2, 0.25) is 0 Å². The summed E-state index contributed by atoms with van der Waals surface area (Å²) >= 11 is 14.3. The maximum atomic E-state index is 13.5. The van der Waals surface area contributed by atoms with Crippen molar-refractivity contribution in [2.45, 2.75) is 115 Å². The summed E-state index contributed by atoms with van der Waals surface area (Å²) < 4.78 is 126. The molecule has 2 heterocycles. The van der Waals surface area contributed by atoms with Gasteiger partial charge in [-0.3, -0.25) is 4.52 Å². The zero-order chi connectivity index (χ0) is 53.9. The Hall–Kier alpha value is -4.15. The van der Waals surface area contributed by atoms with Crippen LogP contribution in [0.1, 0.15) is 98.6 Å². The van der Waals surface area contributed by atoms with E-state index in [4.69, 9.17) is 30.3 Å². The first-order valence-electron chi connectivity index (χ1n) is 23.4. The second-order valence-electron chi connectivity index (χ2n) is 18.3. The molecule has 8 nitrogen and oxygen atoms in total. The lowest BCUT2D eigenvalue weighted by atomic mass is 9.86. The van der Waals surface area contributed by atoms with Crippen LogP contribution in [0, 0.1) is 36.7 Å². The number of rotatable bonds is 12. The molecule has 2 fully saturated rings. The van der Waals surface area contributed by atoms with Gasteiger partial charge >= 0.3 is 29.9 Å². The first kappa shape index (κ1) is 58.1. The number of benzene rings is 4. The number of carbonyl (C=O) groups excluding carboxylic acids is 2. The molecule has 8 rings (SSSR count). The molecular formula is C52H56ClF8O8P2S2+. The molecular weight excluding hydrogens is 1070 g/mol. The highest BCUT2D eigenvalue weighted by atomic mass is 35.7. The monoisotopic (exact) mass is 1120 g/mol. The van der Waals surface area contributed by atoms with Gasteiger partial charge in [0.2, 0.25) is 6.49 Å². The first-order chi connectivity index (χ1) is 34.0. The number of aliphatic hydroxyl groups is 1. The van der Waals surface area contributed by atoms with Gasteiger partial charge in [0.25, 0.3) is 0 Å². The number of halogens is 9. The average molecular weight is 1120 g/mol. The average Bonchev–Trinajstić information content (AvgIpc) is 4.09. The van der Waals surface area contributed by atoms with Crippen LogP contribution in [0.15, 0.2) is 84.3 Å². The van der Waals surface area contributed by atoms with Crippen LogP contribution >= 0.6 is 12.1 Å². The minimum Gasteiger partial charge on any atom is -0.507 e. The number of ether oxygens (including phenoxy) is 2. The molecule has 4 aliphatic rings. The van der Waals surface area contributed by atoms with E-state index in [0.717, 1.165) is 82.2 Å². The molecule has 73 heavy (non-hydrogen) atoms. The topological polar surface area (TPSA) is 101 Å². The van der Waals surface area contributed by atoms with E-state index in [2.05, 4.69) is 27.6 Å². The van der Waals surface area contributed by atoms with Gasteiger partial charge in [0.05, 0.1) is 0 Å². The van der Waals surface area contributed by atoms with Crippen LogP contribution in [0.25, 0.3) is 33.4 Å². The van der Waals surface area contributed by atoms with Gasteiger partial charge in [-0.2, -0.15) is 26.3 Å². The zero-order valence-corrected chi connectivity index (χ0v) is 45.1. The van der Waals surface area contributed by atoms with Gasteiger partial charge in [0.15, 0.2) is 47.2 Å². The minimum absolute atomic E-state index is 0.0825. The van der Waals surface area contributed by atoms with Crippen molar-refractivity contribution in [1.29, 1.82) is 0 Å². The van der Waals surface area contributed by atoms with Gasteiger partial charge in [-0.05, 0) is 182 Å². The number of alkyl halides is 6. The van der Waals surface area contributed by atoms with E-state index in [1.54, 1.807) is 24.3 Å². The first-order valence-corrected chi connectivity index (χ1v) is 30.7. The third-order valence-corrected chi connectivity index (χ3v) is 15.9. The van der Waals surface area contributed by atoms with E-state index in [1.165, 1.54) is 37.6 Å². The van der Waals surface area contributed by atoms with E-state index in [1.807, 2.05) is 52.0 Å². The van der Waals surface area contributed by atoms with Crippen LogP contribution in [0.5, 0.6) is 0 Å². The van der Waals surface area contributed by atoms with Crippen molar-refractivity contribution in [3.63, 3.8) is 0 Å². The predicted octanol–water partition coefficient (Wildman–Crippen LogP) is 14.8. The Bertz CT molecular complexity index is 2870. The van der Waals surface area contributed by atoms with Gasteiger partial charge in [-0.25, -0.2) is 18.4 Å². The second kappa shape index (κ2) is 23.0. The Balaban J connectivity index is 0.000000206. The molecule has 0 saturated heterocycles. The standard InChI is InChI=1S/C26H27F4O4PS.C23H23FO3.C3H6ClF3OPS/c1-4-17-9-12-20(18-7-10-19(27)11-8-18)16(2)21(17)22-23(25(33-24(22)31)13-5-6-14-25)34-35(3,36)32-15-26(28,29)30;1-3-15-8-11-18(16-6-9-17(24)10-7-16)14(2)19(15)20-21(25)23(27-22(20)26)12-4-5-13-23;1-9(4,10)8-2-3(5,6)7/h7-12H,4-6,13-15H2,1-3H3;6-11,25H,3-5,12-13H2,1-2H3;4H,2H2,1H3/q;;+1. The van der Waals surface area contributed by atoms with Crippen molar-refractivity contribution in [3.05, 3.63) is 129 Å². The number of carbonyl (C=O) groups is 2. The lowest BCUT2D eigenvalue weighted by Gasteiger charge is -2.29. The molecule has 0 aromatic heterocycles. The van der Waals surface area contributed by atoms with Crippen LogP contribution in [-0.4, -0.2) is 67.1 Å². The Morgan fingerprint density at radius 1 is 0.630 bits per heavy atom. The minimum atomic E-state index is -4.57. The summed E-state index contributed by atoms with van der Waals surface area (Å²) in [5.74, 6) is -1.43. The van der Waals surface area contributed by atoms with E-state index in [9.17, 15) is 49.8 Å². The Morgan fingerprint density at radius 3 is 1.41 bits per heavy atom. The highest BCUT2D eigenvalue weighted by Crippen LogP contribution is 2.58. The molecule has 2 saturated carbocycles. The number of aliphatic hydroxyl groups excluding tert-OH is 1. The van der Waals surface area contributed by atoms with Gasteiger partial charge in [-0.1, -0.05) is 62.4 Å². The van der Waals surface area contributed by atoms with E-state index in [-0.39, 0.29) is 28.7 Å². The molecule has 4 aromatic carbocycles. The van der Waals surface area contributed by atoms with Crippen LogP contribution in [0.3, 0.4) is 0 Å². The van der Waals surface area contributed by atoms with Crippen LogP contribution in [0.4, 0.5) is 35.1 Å². The van der Waals surface area contributed by atoms with E-state index < -0.39 is 60.8 Å². The maximum absolute atomic E-state index is 13.5. The number of hydrogen-bond donors (Lipinski definition) is 1. The highest BCUT2D eigenvalue weighted by molar-refractivity contribution is 8.09. The lowest BCUT2D eigenvalue weighted by molar-refractivity contribution is -0.201. The summed E-state index contributed by atoms with van der Waals surface area (Å²) in [6, 6.07) is 20.1. The summed E-state index contributed by atoms with van der Waals surface area (Å²) in [4.78, 5) is 26.2. The van der Waals surface area contributed by atoms with Gasteiger partial charge < -0.3 is 23.6 Å². The molecule has 2 spiro atoms. The smallest absolute Gasteiger partial charge is 0.412 e. The molecule has 0 radical (unpaired) electrons. The molecule has 2 atom stereocenters. The van der Waals surface area contributed by atoms with E-state index >= 15 is 0 Å². The van der Waals surface area contributed by atoms with Crippen molar-refractivity contribution in [1.82, 2.24) is 0 Å². The SMILES string of the molecule is CCc1ccc(-c2ccc(F)cc2)c(C)c1C1=C(O)C2(CCCC2)OC1=O.CCc1ccc(-c2ccc(F)cc2)c(C)c1C1=C(OP(C)(=S)OCC(F)(F)F)C2(CCCC2)OC1=O.CP(=S)([ClH+])OCC(F)(F)F. The molecule has 0 bridgehead atoms. The summed E-state index contributed by atoms with van der Waals surface area (Å²) in [6.45, 7) is 4.12. The summed E-state index contributed by atoms with van der Waals surface area (Å²) in [7, 11) is 0. The highest BCUT2D eigenvalue weighted by Gasteiger charge is 2.54. The molecule has 4 aromatic rings. The van der Waals surface area contributed by atoms with Crippen LogP contribution < -0.4 is 0 Å². The van der Waals surface area contributed by atoms with Crippen molar-refractivity contribution in [3.8, 4) is 22.3 Å². The molecule has 0 amide bonds. The Labute approximate surface area is 434 Å². The summed E-state index contributed by atoms with van der Waals surface area (Å²) in [5, 5.41) is 11.0. The molecule has 396 valence electrons. The van der Waals surface area contributed by atoms with Gasteiger partial charge in [0.1, 0.15) is 22.8 Å². The van der Waals surface area contributed by atoms with Crippen molar-refractivity contribution >= 4 is 58.8 Å². The fraction of sp³-hybridized carbons (Fsp3) is 0.423.